The first-order valence-corrected chi connectivity index (χ1v) is 7.39. The van der Waals surface area contributed by atoms with Gasteiger partial charge in [0.1, 0.15) is 18.7 Å². The van der Waals surface area contributed by atoms with E-state index in [0.717, 1.165) is 10.9 Å². The molecule has 2 aromatic rings. The zero-order chi connectivity index (χ0) is 14.5. The first-order valence-electron chi connectivity index (χ1n) is 6.41. The first-order chi connectivity index (χ1) is 9.56. The van der Waals surface area contributed by atoms with E-state index >= 15 is 0 Å². The van der Waals surface area contributed by atoms with Crippen LogP contribution in [0.15, 0.2) is 29.7 Å². The summed E-state index contributed by atoms with van der Waals surface area (Å²) < 4.78 is 7.42. The first kappa shape index (κ1) is 14.9. The van der Waals surface area contributed by atoms with Crippen LogP contribution in [-0.4, -0.2) is 38.3 Å². The minimum absolute atomic E-state index is 0.271. The highest BCUT2D eigenvalue weighted by molar-refractivity contribution is 7.99. The molecular weight excluding hydrogens is 274 g/mol. The number of hydrogen-bond acceptors (Lipinski definition) is 5. The molecule has 1 atom stereocenters. The van der Waals surface area contributed by atoms with Gasteiger partial charge in [-0.2, -0.15) is 0 Å². The summed E-state index contributed by atoms with van der Waals surface area (Å²) in [4.78, 5) is 0. The van der Waals surface area contributed by atoms with Crippen LogP contribution in [0.25, 0.3) is 0 Å². The lowest BCUT2D eigenvalue weighted by Crippen LogP contribution is -2.20. The Balaban J connectivity index is 1.78. The SMILES string of the molecule is Cc1ccc(OCC(O)CSc2nncn2C)cc1C. The van der Waals surface area contributed by atoms with Crippen LogP contribution in [0.1, 0.15) is 11.1 Å². The van der Waals surface area contributed by atoms with Gasteiger partial charge in [-0.05, 0) is 37.1 Å². The minimum atomic E-state index is -0.543. The maximum absolute atomic E-state index is 9.92. The Morgan fingerprint density at radius 3 is 2.80 bits per heavy atom. The fourth-order valence-corrected chi connectivity index (χ4v) is 2.41. The molecule has 0 aliphatic carbocycles. The maximum Gasteiger partial charge on any atom is 0.190 e. The molecule has 108 valence electrons. The third-order valence-corrected chi connectivity index (χ3v) is 4.17. The molecular formula is C14H19N3O2S. The van der Waals surface area contributed by atoms with Gasteiger partial charge in [0.15, 0.2) is 5.16 Å². The highest BCUT2D eigenvalue weighted by Gasteiger charge is 2.09. The van der Waals surface area contributed by atoms with E-state index in [4.69, 9.17) is 4.74 Å². The number of ether oxygens (including phenoxy) is 1. The van der Waals surface area contributed by atoms with Crippen molar-refractivity contribution in [2.75, 3.05) is 12.4 Å². The molecule has 1 N–H and O–H groups in total. The fourth-order valence-electron chi connectivity index (χ4n) is 1.62. The molecule has 0 amide bonds. The summed E-state index contributed by atoms with van der Waals surface area (Å²) in [5, 5.41) is 18.4. The molecule has 1 aromatic heterocycles. The maximum atomic E-state index is 9.92. The highest BCUT2D eigenvalue weighted by Crippen LogP contribution is 2.18. The zero-order valence-corrected chi connectivity index (χ0v) is 12.7. The smallest absolute Gasteiger partial charge is 0.190 e. The van der Waals surface area contributed by atoms with E-state index in [0.29, 0.717) is 5.75 Å². The average Bonchev–Trinajstić information content (AvgIpc) is 2.83. The Morgan fingerprint density at radius 1 is 1.35 bits per heavy atom. The Kier molecular flexibility index (Phi) is 5.03. The largest absolute Gasteiger partial charge is 0.491 e. The van der Waals surface area contributed by atoms with Crippen molar-refractivity contribution in [3.05, 3.63) is 35.7 Å². The van der Waals surface area contributed by atoms with Gasteiger partial charge in [-0.1, -0.05) is 17.8 Å². The lowest BCUT2D eigenvalue weighted by atomic mass is 10.1. The Morgan fingerprint density at radius 2 is 2.15 bits per heavy atom. The molecule has 0 radical (unpaired) electrons. The lowest BCUT2D eigenvalue weighted by Gasteiger charge is -2.12. The molecule has 1 aromatic carbocycles. The number of nitrogens with zero attached hydrogens (tertiary/aromatic N) is 3. The summed E-state index contributed by atoms with van der Waals surface area (Å²) in [6.07, 6.45) is 1.10. The fraction of sp³-hybridized carbons (Fsp3) is 0.429. The van der Waals surface area contributed by atoms with Gasteiger partial charge in [-0.25, -0.2) is 0 Å². The Labute approximate surface area is 123 Å². The van der Waals surface area contributed by atoms with Crippen molar-refractivity contribution in [1.29, 1.82) is 0 Å². The number of aliphatic hydroxyl groups excluding tert-OH is 1. The summed E-state index contributed by atoms with van der Waals surface area (Å²) in [5.41, 5.74) is 2.42. The number of hydrogen-bond donors (Lipinski definition) is 1. The summed E-state index contributed by atoms with van der Waals surface area (Å²) in [7, 11) is 1.88. The Hall–Kier alpha value is -1.53. The van der Waals surface area contributed by atoms with Gasteiger partial charge in [0, 0.05) is 12.8 Å². The number of thioether (sulfide) groups is 1. The van der Waals surface area contributed by atoms with E-state index in [1.165, 1.54) is 22.9 Å². The van der Waals surface area contributed by atoms with Gasteiger partial charge in [0.05, 0.1) is 6.10 Å². The predicted octanol–water partition coefficient (Wildman–Crippen LogP) is 1.96. The van der Waals surface area contributed by atoms with Crippen molar-refractivity contribution in [1.82, 2.24) is 14.8 Å². The molecule has 0 saturated heterocycles. The van der Waals surface area contributed by atoms with Crippen LogP contribution in [0.5, 0.6) is 5.75 Å². The number of aromatic nitrogens is 3. The standard InChI is InChI=1S/C14H19N3O2S/c1-10-4-5-13(6-11(10)2)19-7-12(18)8-20-14-16-15-9-17(14)3/h4-6,9,12,18H,7-8H2,1-3H3. The molecule has 0 spiro atoms. The van der Waals surface area contributed by atoms with Crippen LogP contribution in [0, 0.1) is 13.8 Å². The molecule has 0 bridgehead atoms. The van der Waals surface area contributed by atoms with E-state index in [9.17, 15) is 5.11 Å². The van der Waals surface area contributed by atoms with Gasteiger partial charge in [-0.3, -0.25) is 0 Å². The molecule has 0 aliphatic rings. The Bertz CT molecular complexity index is 571. The van der Waals surface area contributed by atoms with Crippen molar-refractivity contribution in [2.24, 2.45) is 7.05 Å². The second kappa shape index (κ2) is 6.76. The summed E-state index contributed by atoms with van der Waals surface area (Å²) in [6, 6.07) is 5.92. The molecule has 0 saturated carbocycles. The quantitative estimate of drug-likeness (QED) is 0.825. The van der Waals surface area contributed by atoms with Crippen LogP contribution in [-0.2, 0) is 7.05 Å². The summed E-state index contributed by atoms with van der Waals surface area (Å²) >= 11 is 1.46. The molecule has 0 fully saturated rings. The van der Waals surface area contributed by atoms with Gasteiger partial charge in [0.2, 0.25) is 0 Å². The molecule has 1 unspecified atom stereocenters. The van der Waals surface area contributed by atoms with E-state index < -0.39 is 6.10 Å². The van der Waals surface area contributed by atoms with E-state index in [1.54, 1.807) is 6.33 Å². The van der Waals surface area contributed by atoms with Gasteiger partial charge in [-0.15, -0.1) is 10.2 Å². The normalized spacial score (nSPS) is 12.4. The second-order valence-electron chi connectivity index (χ2n) is 4.75. The number of rotatable bonds is 6. The van der Waals surface area contributed by atoms with Crippen molar-refractivity contribution >= 4 is 11.8 Å². The molecule has 5 nitrogen and oxygen atoms in total. The second-order valence-corrected chi connectivity index (χ2v) is 5.73. The zero-order valence-electron chi connectivity index (χ0n) is 11.9. The highest BCUT2D eigenvalue weighted by atomic mass is 32.2. The average molecular weight is 293 g/mol. The number of aliphatic hydroxyl groups is 1. The predicted molar refractivity (Wildman–Crippen MR) is 79.1 cm³/mol. The van der Waals surface area contributed by atoms with Crippen molar-refractivity contribution in [3.8, 4) is 5.75 Å². The lowest BCUT2D eigenvalue weighted by molar-refractivity contribution is 0.126. The van der Waals surface area contributed by atoms with Crippen LogP contribution in [0.4, 0.5) is 0 Å². The molecule has 0 aliphatic heterocycles. The number of aryl methyl sites for hydroxylation is 3. The van der Waals surface area contributed by atoms with Crippen molar-refractivity contribution in [2.45, 2.75) is 25.1 Å². The molecule has 2 rings (SSSR count). The molecule has 20 heavy (non-hydrogen) atoms. The topological polar surface area (TPSA) is 60.2 Å². The van der Waals surface area contributed by atoms with E-state index in [2.05, 4.69) is 17.1 Å². The number of benzene rings is 1. The molecule has 1 heterocycles. The van der Waals surface area contributed by atoms with E-state index in [1.807, 2.05) is 36.7 Å². The van der Waals surface area contributed by atoms with Crippen LogP contribution in [0.2, 0.25) is 0 Å². The van der Waals surface area contributed by atoms with Crippen molar-refractivity contribution < 1.29 is 9.84 Å². The van der Waals surface area contributed by atoms with E-state index in [-0.39, 0.29) is 6.61 Å². The summed E-state index contributed by atoms with van der Waals surface area (Å²) in [5.74, 6) is 1.31. The molecule has 6 heteroatoms. The van der Waals surface area contributed by atoms with Crippen molar-refractivity contribution in [3.63, 3.8) is 0 Å². The van der Waals surface area contributed by atoms with Gasteiger partial charge in [0.25, 0.3) is 0 Å². The van der Waals surface area contributed by atoms with Gasteiger partial charge < -0.3 is 14.4 Å². The van der Waals surface area contributed by atoms with Crippen LogP contribution < -0.4 is 4.74 Å². The van der Waals surface area contributed by atoms with Gasteiger partial charge >= 0.3 is 0 Å². The minimum Gasteiger partial charge on any atom is -0.491 e. The van der Waals surface area contributed by atoms with Crippen LogP contribution in [0.3, 0.4) is 0 Å². The monoisotopic (exact) mass is 293 g/mol. The summed E-state index contributed by atoms with van der Waals surface area (Å²) in [6.45, 7) is 4.38. The third-order valence-electron chi connectivity index (χ3n) is 3.00. The van der Waals surface area contributed by atoms with Crippen LogP contribution >= 0.6 is 11.8 Å². The third kappa shape index (κ3) is 3.98.